The maximum Gasteiger partial charge on any atom is 0.313 e. The number of alkyl halides is 1. The predicted octanol–water partition coefficient (Wildman–Crippen LogP) is 1.54. The van der Waals surface area contributed by atoms with E-state index in [0.717, 1.165) is 0 Å². The first-order valence-corrected chi connectivity index (χ1v) is 4.91. The van der Waals surface area contributed by atoms with Crippen LogP contribution >= 0.6 is 15.9 Å². The molecule has 12 heavy (non-hydrogen) atoms. The van der Waals surface area contributed by atoms with E-state index < -0.39 is 5.97 Å². The fourth-order valence-corrected chi connectivity index (χ4v) is 0.717. The van der Waals surface area contributed by atoms with Crippen molar-refractivity contribution in [3.8, 4) is 0 Å². The minimum Gasteiger partial charge on any atom is -0.465 e. The fourth-order valence-electron chi connectivity index (χ4n) is 0.519. The van der Waals surface area contributed by atoms with Gasteiger partial charge in [0.25, 0.3) is 0 Å². The molecule has 0 amide bonds. The molecule has 0 aliphatic carbocycles. The van der Waals surface area contributed by atoms with Gasteiger partial charge in [-0.1, -0.05) is 29.8 Å². The molecule has 0 spiro atoms. The Morgan fingerprint density at radius 2 is 2.00 bits per heavy atom. The average Bonchev–Trinajstić information content (AvgIpc) is 2.00. The maximum atomic E-state index is 10.9. The first-order valence-electron chi connectivity index (χ1n) is 3.79. The van der Waals surface area contributed by atoms with Crippen molar-refractivity contribution >= 4 is 27.7 Å². The first kappa shape index (κ1) is 11.6. The van der Waals surface area contributed by atoms with Crippen LogP contribution in [0.15, 0.2) is 0 Å². The van der Waals surface area contributed by atoms with Crippen LogP contribution in [0.25, 0.3) is 0 Å². The van der Waals surface area contributed by atoms with Crippen molar-refractivity contribution in [3.63, 3.8) is 0 Å². The summed E-state index contributed by atoms with van der Waals surface area (Å²) in [6.07, 6.45) is -0.127. The second-order valence-electron chi connectivity index (χ2n) is 2.93. The van der Waals surface area contributed by atoms with Crippen LogP contribution in [0, 0.1) is 5.92 Å². The predicted molar refractivity (Wildman–Crippen MR) is 49.2 cm³/mol. The summed E-state index contributed by atoms with van der Waals surface area (Å²) in [5.74, 6) is -0.273. The van der Waals surface area contributed by atoms with Gasteiger partial charge in [0.1, 0.15) is 6.42 Å². The molecule has 0 aromatic heterocycles. The fraction of sp³-hybridized carbons (Fsp3) is 0.750. The summed E-state index contributed by atoms with van der Waals surface area (Å²) in [4.78, 5) is 21.6. The van der Waals surface area contributed by atoms with Gasteiger partial charge in [-0.2, -0.15) is 0 Å². The van der Waals surface area contributed by atoms with E-state index in [0.29, 0.717) is 12.5 Å². The Morgan fingerprint density at radius 3 is 2.42 bits per heavy atom. The second-order valence-corrected chi connectivity index (χ2v) is 3.49. The van der Waals surface area contributed by atoms with Crippen LogP contribution < -0.4 is 0 Å². The molecule has 0 rings (SSSR count). The van der Waals surface area contributed by atoms with Gasteiger partial charge in [-0.15, -0.1) is 0 Å². The van der Waals surface area contributed by atoms with E-state index in [9.17, 15) is 9.59 Å². The highest BCUT2D eigenvalue weighted by molar-refractivity contribution is 9.09. The quantitative estimate of drug-likeness (QED) is 0.414. The average molecular weight is 237 g/mol. The third-order valence-electron chi connectivity index (χ3n) is 1.07. The molecule has 0 saturated carbocycles. The van der Waals surface area contributed by atoms with Crippen molar-refractivity contribution in [3.05, 3.63) is 0 Å². The summed E-state index contributed by atoms with van der Waals surface area (Å²) in [5, 5.41) is 0.212. The number of hydrogen-bond acceptors (Lipinski definition) is 3. The molecule has 0 heterocycles. The summed E-state index contributed by atoms with van der Waals surface area (Å²) in [6, 6.07) is 0. The summed E-state index contributed by atoms with van der Waals surface area (Å²) in [7, 11) is 0. The van der Waals surface area contributed by atoms with E-state index >= 15 is 0 Å². The Morgan fingerprint density at radius 1 is 1.42 bits per heavy atom. The van der Waals surface area contributed by atoms with Crippen LogP contribution in [-0.2, 0) is 14.3 Å². The van der Waals surface area contributed by atoms with Crippen LogP contribution in [-0.4, -0.2) is 23.7 Å². The normalized spacial score (nSPS) is 10.0. The van der Waals surface area contributed by atoms with Crippen molar-refractivity contribution in [2.75, 3.05) is 11.9 Å². The summed E-state index contributed by atoms with van der Waals surface area (Å²) in [5.41, 5.74) is 0. The van der Waals surface area contributed by atoms with E-state index in [4.69, 9.17) is 4.74 Å². The Kier molecular flexibility index (Phi) is 5.98. The molecule has 0 radical (unpaired) electrons. The molecule has 0 aromatic carbocycles. The third kappa shape index (κ3) is 6.34. The van der Waals surface area contributed by atoms with Crippen molar-refractivity contribution < 1.29 is 14.3 Å². The van der Waals surface area contributed by atoms with Gasteiger partial charge in [0.15, 0.2) is 5.78 Å². The van der Waals surface area contributed by atoms with Crippen LogP contribution in [0.5, 0.6) is 0 Å². The highest BCUT2D eigenvalue weighted by atomic mass is 79.9. The Labute approximate surface area is 80.6 Å². The van der Waals surface area contributed by atoms with Gasteiger partial charge in [-0.3, -0.25) is 9.59 Å². The zero-order valence-corrected chi connectivity index (χ0v) is 8.89. The standard InChI is InChI=1S/C8H13BrO3/c1-6(2)5-12-8(11)3-7(10)4-9/h6H,3-5H2,1-2H3. The zero-order chi connectivity index (χ0) is 9.56. The molecule has 0 aliphatic heterocycles. The minimum atomic E-state index is -0.437. The molecule has 3 nitrogen and oxygen atoms in total. The van der Waals surface area contributed by atoms with Crippen LogP contribution in [0.1, 0.15) is 20.3 Å². The van der Waals surface area contributed by atoms with E-state index in [2.05, 4.69) is 15.9 Å². The molecular weight excluding hydrogens is 224 g/mol. The number of Topliss-reactive ketones (excluding diaryl/α,β-unsaturated/α-hetero) is 1. The smallest absolute Gasteiger partial charge is 0.313 e. The third-order valence-corrected chi connectivity index (χ3v) is 1.69. The van der Waals surface area contributed by atoms with Crippen LogP contribution in [0.2, 0.25) is 0 Å². The Bertz CT molecular complexity index is 166. The van der Waals surface area contributed by atoms with Crippen molar-refractivity contribution in [1.82, 2.24) is 0 Å². The molecule has 0 aromatic rings. The number of hydrogen-bond donors (Lipinski definition) is 0. The van der Waals surface area contributed by atoms with E-state index in [1.807, 2.05) is 13.8 Å². The van der Waals surface area contributed by atoms with Crippen molar-refractivity contribution in [2.24, 2.45) is 5.92 Å². The summed E-state index contributed by atoms with van der Waals surface area (Å²) >= 11 is 2.97. The zero-order valence-electron chi connectivity index (χ0n) is 7.30. The molecule has 0 aliphatic rings. The van der Waals surface area contributed by atoms with E-state index in [1.165, 1.54) is 0 Å². The molecule has 0 bridgehead atoms. The van der Waals surface area contributed by atoms with Gasteiger partial charge >= 0.3 is 5.97 Å². The number of esters is 1. The molecular formula is C8H13BrO3. The van der Waals surface area contributed by atoms with Gasteiger partial charge in [0.05, 0.1) is 11.9 Å². The molecule has 0 fully saturated rings. The van der Waals surface area contributed by atoms with Gasteiger partial charge in [0.2, 0.25) is 0 Å². The highest BCUT2D eigenvalue weighted by Gasteiger charge is 2.09. The molecule has 4 heteroatoms. The van der Waals surface area contributed by atoms with Crippen molar-refractivity contribution in [1.29, 1.82) is 0 Å². The van der Waals surface area contributed by atoms with Gasteiger partial charge in [-0.25, -0.2) is 0 Å². The van der Waals surface area contributed by atoms with E-state index in [-0.39, 0.29) is 17.5 Å². The molecule has 0 N–H and O–H groups in total. The lowest BCUT2D eigenvalue weighted by atomic mass is 10.2. The summed E-state index contributed by atoms with van der Waals surface area (Å²) < 4.78 is 4.80. The van der Waals surface area contributed by atoms with Gasteiger partial charge in [-0.05, 0) is 5.92 Å². The molecule has 70 valence electrons. The molecule has 0 unspecified atom stereocenters. The Balaban J connectivity index is 3.53. The van der Waals surface area contributed by atoms with Gasteiger partial charge < -0.3 is 4.74 Å². The number of ether oxygens (including phenoxy) is 1. The highest BCUT2D eigenvalue weighted by Crippen LogP contribution is 1.97. The van der Waals surface area contributed by atoms with Gasteiger partial charge in [0, 0.05) is 0 Å². The lowest BCUT2D eigenvalue weighted by Gasteiger charge is -2.05. The number of ketones is 1. The number of carbonyl (C=O) groups is 2. The Hall–Kier alpha value is -0.380. The monoisotopic (exact) mass is 236 g/mol. The number of halogens is 1. The largest absolute Gasteiger partial charge is 0.465 e. The van der Waals surface area contributed by atoms with E-state index in [1.54, 1.807) is 0 Å². The summed E-state index contributed by atoms with van der Waals surface area (Å²) in [6.45, 7) is 4.27. The molecule has 0 saturated heterocycles. The number of rotatable bonds is 5. The first-order chi connectivity index (χ1) is 5.56. The van der Waals surface area contributed by atoms with Crippen molar-refractivity contribution in [2.45, 2.75) is 20.3 Å². The maximum absolute atomic E-state index is 10.9. The lowest BCUT2D eigenvalue weighted by molar-refractivity contribution is -0.146. The number of carbonyl (C=O) groups excluding carboxylic acids is 2. The molecule has 0 atom stereocenters. The van der Waals surface area contributed by atoms with Crippen LogP contribution in [0.4, 0.5) is 0 Å². The lowest BCUT2D eigenvalue weighted by Crippen LogP contribution is -2.14. The second kappa shape index (κ2) is 6.17. The van der Waals surface area contributed by atoms with Crippen LogP contribution in [0.3, 0.4) is 0 Å². The SMILES string of the molecule is CC(C)COC(=O)CC(=O)CBr. The minimum absolute atomic E-state index is 0.127. The topological polar surface area (TPSA) is 43.4 Å².